The third-order valence-electron chi connectivity index (χ3n) is 3.44. The van der Waals surface area contributed by atoms with Gasteiger partial charge in [0, 0.05) is 11.3 Å². The van der Waals surface area contributed by atoms with Crippen molar-refractivity contribution in [1.29, 1.82) is 0 Å². The van der Waals surface area contributed by atoms with Gasteiger partial charge >= 0.3 is 0 Å². The molecule has 0 atom stereocenters. The number of para-hydroxylation sites is 1. The molecule has 0 bridgehead atoms. The molecule has 2 N–H and O–H groups in total. The Morgan fingerprint density at radius 1 is 1.30 bits per heavy atom. The number of anilines is 2. The van der Waals surface area contributed by atoms with Crippen molar-refractivity contribution >= 4 is 23.2 Å². The lowest BCUT2D eigenvalue weighted by Gasteiger charge is -2.18. The van der Waals surface area contributed by atoms with Crippen LogP contribution in [0.15, 0.2) is 42.5 Å². The van der Waals surface area contributed by atoms with Crippen LogP contribution in [-0.2, 0) is 16.0 Å². The fraction of sp³-hybridized carbons (Fsp3) is 0.176. The minimum atomic E-state index is -0.213. The van der Waals surface area contributed by atoms with E-state index < -0.39 is 0 Å². The molecule has 0 radical (unpaired) electrons. The van der Waals surface area contributed by atoms with Gasteiger partial charge in [0.15, 0.2) is 6.61 Å². The van der Waals surface area contributed by atoms with Gasteiger partial charge in [0.05, 0.1) is 19.2 Å². The molecule has 0 fully saturated rings. The third-order valence-corrected chi connectivity index (χ3v) is 3.44. The highest BCUT2D eigenvalue weighted by Crippen LogP contribution is 2.30. The number of nitrogens with one attached hydrogen (secondary N) is 2. The van der Waals surface area contributed by atoms with Crippen LogP contribution in [0.2, 0.25) is 0 Å². The Morgan fingerprint density at radius 3 is 2.96 bits per heavy atom. The summed E-state index contributed by atoms with van der Waals surface area (Å²) in [6, 6.07) is 12.5. The summed E-state index contributed by atoms with van der Waals surface area (Å²) in [4.78, 5) is 23.5. The minimum absolute atomic E-state index is 0.00646. The lowest BCUT2D eigenvalue weighted by atomic mass is 10.1. The molecular weight excluding hydrogens is 296 g/mol. The smallest absolute Gasteiger partial charge is 0.262 e. The van der Waals surface area contributed by atoms with Crippen LogP contribution < -0.4 is 20.1 Å². The van der Waals surface area contributed by atoms with Crippen molar-refractivity contribution in [3.05, 3.63) is 48.0 Å². The molecule has 0 aromatic heterocycles. The summed E-state index contributed by atoms with van der Waals surface area (Å²) >= 11 is 0. The molecule has 0 saturated heterocycles. The number of amides is 2. The Hall–Kier alpha value is -3.02. The van der Waals surface area contributed by atoms with E-state index in [0.717, 1.165) is 5.56 Å². The van der Waals surface area contributed by atoms with Crippen molar-refractivity contribution in [2.24, 2.45) is 0 Å². The second-order valence-corrected chi connectivity index (χ2v) is 5.08. The van der Waals surface area contributed by atoms with Gasteiger partial charge in [-0.25, -0.2) is 0 Å². The molecule has 0 unspecified atom stereocenters. The van der Waals surface area contributed by atoms with Crippen LogP contribution in [0.5, 0.6) is 11.5 Å². The molecule has 1 aliphatic rings. The summed E-state index contributed by atoms with van der Waals surface area (Å²) in [7, 11) is 1.57. The summed E-state index contributed by atoms with van der Waals surface area (Å²) in [5.74, 6) is 0.883. The molecule has 2 amide bonds. The normalized spacial score (nSPS) is 12.7. The lowest BCUT2D eigenvalue weighted by molar-refractivity contribution is -0.118. The number of fused-ring (bicyclic) bond motifs is 1. The van der Waals surface area contributed by atoms with E-state index in [4.69, 9.17) is 9.47 Å². The van der Waals surface area contributed by atoms with Crippen LogP contribution in [0.25, 0.3) is 0 Å². The van der Waals surface area contributed by atoms with Crippen molar-refractivity contribution < 1.29 is 19.1 Å². The van der Waals surface area contributed by atoms with E-state index in [2.05, 4.69) is 10.6 Å². The maximum absolute atomic E-state index is 12.2. The Bertz CT molecular complexity index is 758. The topological polar surface area (TPSA) is 76.7 Å². The van der Waals surface area contributed by atoms with Gasteiger partial charge in [-0.1, -0.05) is 18.2 Å². The first-order valence-electron chi connectivity index (χ1n) is 7.14. The number of rotatable bonds is 4. The molecular formula is C17H16N2O4. The zero-order valence-electron chi connectivity index (χ0n) is 12.6. The monoisotopic (exact) mass is 312 g/mol. The molecule has 2 aromatic carbocycles. The Balaban J connectivity index is 1.71. The first-order valence-corrected chi connectivity index (χ1v) is 7.14. The van der Waals surface area contributed by atoms with Crippen LogP contribution in [0.1, 0.15) is 5.56 Å². The number of hydrogen-bond donors (Lipinski definition) is 2. The fourth-order valence-electron chi connectivity index (χ4n) is 2.39. The van der Waals surface area contributed by atoms with Crippen molar-refractivity contribution in [1.82, 2.24) is 0 Å². The van der Waals surface area contributed by atoms with E-state index in [1.54, 1.807) is 25.3 Å². The summed E-state index contributed by atoms with van der Waals surface area (Å²) in [5.41, 5.74) is 1.95. The lowest BCUT2D eigenvalue weighted by Crippen LogP contribution is -2.25. The Morgan fingerprint density at radius 2 is 2.13 bits per heavy atom. The molecule has 23 heavy (non-hydrogen) atoms. The van der Waals surface area contributed by atoms with Crippen molar-refractivity contribution in [3.8, 4) is 11.5 Å². The number of hydrogen-bond acceptors (Lipinski definition) is 4. The van der Waals surface area contributed by atoms with Crippen LogP contribution in [0, 0.1) is 0 Å². The van der Waals surface area contributed by atoms with Gasteiger partial charge in [0.25, 0.3) is 5.91 Å². The van der Waals surface area contributed by atoms with Gasteiger partial charge in [0.1, 0.15) is 11.5 Å². The van der Waals surface area contributed by atoms with Crippen molar-refractivity contribution in [2.75, 3.05) is 24.4 Å². The molecule has 0 aliphatic carbocycles. The average molecular weight is 312 g/mol. The first-order chi connectivity index (χ1) is 11.2. The average Bonchev–Trinajstić information content (AvgIpc) is 2.55. The fourth-order valence-corrected chi connectivity index (χ4v) is 2.39. The predicted molar refractivity (Wildman–Crippen MR) is 85.9 cm³/mol. The Labute approximate surface area is 133 Å². The highest BCUT2D eigenvalue weighted by Gasteiger charge is 2.16. The van der Waals surface area contributed by atoms with Crippen molar-refractivity contribution in [3.63, 3.8) is 0 Å². The summed E-state index contributed by atoms with van der Waals surface area (Å²) < 4.78 is 10.5. The number of carbonyl (C=O) groups is 2. The zero-order valence-corrected chi connectivity index (χ0v) is 12.6. The standard InChI is InChI=1S/C17H16N2O4/c1-22-14-5-3-2-4-11(14)8-16(20)18-12-6-7-15-13(9-12)19-17(21)10-23-15/h2-7,9H,8,10H2,1H3,(H,18,20)(H,19,21). The van der Waals surface area contributed by atoms with Crippen LogP contribution >= 0.6 is 0 Å². The summed E-state index contributed by atoms with van der Waals surface area (Å²) in [6.07, 6.45) is 0.198. The molecule has 2 aromatic rings. The molecule has 1 aliphatic heterocycles. The van der Waals surface area contributed by atoms with Crippen molar-refractivity contribution in [2.45, 2.75) is 6.42 Å². The number of benzene rings is 2. The SMILES string of the molecule is COc1ccccc1CC(=O)Nc1ccc2c(c1)NC(=O)CO2. The van der Waals surface area contributed by atoms with E-state index in [1.165, 1.54) is 0 Å². The number of methoxy groups -OCH3 is 1. The number of carbonyl (C=O) groups excluding carboxylic acids is 2. The zero-order chi connectivity index (χ0) is 16.2. The highest BCUT2D eigenvalue weighted by atomic mass is 16.5. The largest absolute Gasteiger partial charge is 0.496 e. The Kier molecular flexibility index (Phi) is 4.14. The van der Waals surface area contributed by atoms with E-state index in [-0.39, 0.29) is 24.8 Å². The maximum Gasteiger partial charge on any atom is 0.262 e. The summed E-state index contributed by atoms with van der Waals surface area (Å²) in [6.45, 7) is 0.00646. The van der Waals surface area contributed by atoms with Gasteiger partial charge in [-0.3, -0.25) is 9.59 Å². The molecule has 3 rings (SSSR count). The van der Waals surface area contributed by atoms with E-state index in [9.17, 15) is 9.59 Å². The second kappa shape index (κ2) is 6.39. The highest BCUT2D eigenvalue weighted by molar-refractivity contribution is 5.98. The van der Waals surface area contributed by atoms with Gasteiger partial charge in [-0.15, -0.1) is 0 Å². The van der Waals surface area contributed by atoms with E-state index in [0.29, 0.717) is 22.9 Å². The molecule has 6 heteroatoms. The van der Waals surface area contributed by atoms with Crippen LogP contribution in [-0.4, -0.2) is 25.5 Å². The van der Waals surface area contributed by atoms with E-state index in [1.807, 2.05) is 24.3 Å². The first kappa shape index (κ1) is 14.9. The number of ether oxygens (including phenoxy) is 2. The van der Waals surface area contributed by atoms with Gasteiger partial charge in [0.2, 0.25) is 5.91 Å². The third kappa shape index (κ3) is 3.42. The molecule has 6 nitrogen and oxygen atoms in total. The summed E-state index contributed by atoms with van der Waals surface area (Å²) in [5, 5.41) is 5.51. The second-order valence-electron chi connectivity index (χ2n) is 5.08. The van der Waals surface area contributed by atoms with Crippen LogP contribution in [0.3, 0.4) is 0 Å². The predicted octanol–water partition coefficient (Wildman–Crippen LogP) is 2.21. The molecule has 0 spiro atoms. The quantitative estimate of drug-likeness (QED) is 0.907. The van der Waals surface area contributed by atoms with Gasteiger partial charge < -0.3 is 20.1 Å². The molecule has 1 heterocycles. The molecule has 0 saturated carbocycles. The van der Waals surface area contributed by atoms with E-state index >= 15 is 0 Å². The minimum Gasteiger partial charge on any atom is -0.496 e. The molecule has 118 valence electrons. The maximum atomic E-state index is 12.2. The van der Waals surface area contributed by atoms with Gasteiger partial charge in [-0.05, 0) is 24.3 Å². The van der Waals surface area contributed by atoms with Crippen LogP contribution in [0.4, 0.5) is 11.4 Å². The van der Waals surface area contributed by atoms with Gasteiger partial charge in [-0.2, -0.15) is 0 Å².